The second-order valence-corrected chi connectivity index (χ2v) is 4.43. The zero-order chi connectivity index (χ0) is 12.0. The molecule has 0 aromatic heterocycles. The summed E-state index contributed by atoms with van der Waals surface area (Å²) < 4.78 is 0. The van der Waals surface area contributed by atoms with Gasteiger partial charge in [-0.2, -0.15) is 0 Å². The van der Waals surface area contributed by atoms with Crippen molar-refractivity contribution >= 4 is 5.91 Å². The van der Waals surface area contributed by atoms with Crippen molar-refractivity contribution in [3.05, 3.63) is 11.6 Å². The van der Waals surface area contributed by atoms with Crippen LogP contribution in [0.3, 0.4) is 0 Å². The molecular formula is C13H24N2O. The monoisotopic (exact) mass is 224 g/mol. The summed E-state index contributed by atoms with van der Waals surface area (Å²) in [7, 11) is 0. The Labute approximate surface area is 98.9 Å². The average Bonchev–Trinajstić information content (AvgIpc) is 2.78. The lowest BCUT2D eigenvalue weighted by molar-refractivity contribution is -0.127. The van der Waals surface area contributed by atoms with E-state index in [2.05, 4.69) is 12.2 Å². The number of likely N-dealkylation sites (N-methyl/N-ethyl adjacent to an activating group) is 1. The Morgan fingerprint density at radius 2 is 2.25 bits per heavy atom. The van der Waals surface area contributed by atoms with E-state index in [0.717, 1.165) is 31.6 Å². The Morgan fingerprint density at radius 3 is 2.75 bits per heavy atom. The van der Waals surface area contributed by atoms with Crippen molar-refractivity contribution in [3.8, 4) is 0 Å². The van der Waals surface area contributed by atoms with Crippen LogP contribution in [0.5, 0.6) is 0 Å². The Balaban J connectivity index is 2.52. The number of nitrogens with zero attached hydrogens (tertiary/aromatic N) is 1. The maximum atomic E-state index is 12.1. The Hall–Kier alpha value is -0.830. The van der Waals surface area contributed by atoms with Crippen LogP contribution in [0.2, 0.25) is 0 Å². The fraction of sp³-hybridized carbons (Fsp3) is 0.769. The van der Waals surface area contributed by atoms with E-state index < -0.39 is 0 Å². The van der Waals surface area contributed by atoms with Gasteiger partial charge in [0.25, 0.3) is 0 Å². The number of amides is 1. The molecule has 1 aliphatic heterocycles. The van der Waals surface area contributed by atoms with Crippen molar-refractivity contribution in [1.29, 1.82) is 0 Å². The summed E-state index contributed by atoms with van der Waals surface area (Å²) in [6.07, 6.45) is 5.37. The molecule has 1 atom stereocenters. The molecule has 0 aromatic rings. The SMILES string of the molecule is CC/C=C(/C)C(=O)N(CC)CC1CCCN1. The van der Waals surface area contributed by atoms with Gasteiger partial charge in [0, 0.05) is 24.7 Å². The lowest BCUT2D eigenvalue weighted by Gasteiger charge is -2.24. The third-order valence-corrected chi connectivity index (χ3v) is 3.12. The van der Waals surface area contributed by atoms with E-state index in [-0.39, 0.29) is 5.91 Å². The average molecular weight is 224 g/mol. The fourth-order valence-electron chi connectivity index (χ4n) is 2.18. The molecular weight excluding hydrogens is 200 g/mol. The minimum absolute atomic E-state index is 0.193. The number of hydrogen-bond acceptors (Lipinski definition) is 2. The molecule has 1 fully saturated rings. The third-order valence-electron chi connectivity index (χ3n) is 3.12. The molecule has 16 heavy (non-hydrogen) atoms. The second kappa shape index (κ2) is 6.69. The molecule has 1 rings (SSSR count). The molecule has 0 bridgehead atoms. The van der Waals surface area contributed by atoms with E-state index in [0.29, 0.717) is 6.04 Å². The van der Waals surface area contributed by atoms with Crippen molar-refractivity contribution in [2.45, 2.75) is 46.1 Å². The van der Waals surface area contributed by atoms with Crippen molar-refractivity contribution < 1.29 is 4.79 Å². The molecule has 0 aromatic carbocycles. The molecule has 1 saturated heterocycles. The molecule has 3 heteroatoms. The fourth-order valence-corrected chi connectivity index (χ4v) is 2.18. The third kappa shape index (κ3) is 3.63. The minimum atomic E-state index is 0.193. The predicted molar refractivity (Wildman–Crippen MR) is 67.3 cm³/mol. The molecule has 0 aliphatic carbocycles. The molecule has 1 amide bonds. The van der Waals surface area contributed by atoms with Gasteiger partial charge in [0.15, 0.2) is 0 Å². The normalized spacial score (nSPS) is 21.2. The number of rotatable bonds is 5. The summed E-state index contributed by atoms with van der Waals surface area (Å²) in [4.78, 5) is 14.0. The summed E-state index contributed by atoms with van der Waals surface area (Å²) in [6, 6.07) is 0.498. The van der Waals surface area contributed by atoms with Gasteiger partial charge in [0.2, 0.25) is 5.91 Å². The van der Waals surface area contributed by atoms with Gasteiger partial charge >= 0.3 is 0 Å². The molecule has 92 valence electrons. The quantitative estimate of drug-likeness (QED) is 0.724. The maximum Gasteiger partial charge on any atom is 0.249 e. The number of allylic oxidation sites excluding steroid dienone is 1. The highest BCUT2D eigenvalue weighted by Crippen LogP contribution is 2.09. The van der Waals surface area contributed by atoms with Crippen molar-refractivity contribution in [1.82, 2.24) is 10.2 Å². The molecule has 1 heterocycles. The molecule has 1 N–H and O–H groups in total. The Morgan fingerprint density at radius 1 is 1.50 bits per heavy atom. The first kappa shape index (κ1) is 13.2. The van der Waals surface area contributed by atoms with E-state index in [1.165, 1.54) is 12.8 Å². The van der Waals surface area contributed by atoms with Gasteiger partial charge in [0.05, 0.1) is 0 Å². The van der Waals surface area contributed by atoms with Crippen LogP contribution in [-0.4, -0.2) is 36.5 Å². The summed E-state index contributed by atoms with van der Waals surface area (Å²) >= 11 is 0. The van der Waals surface area contributed by atoms with Crippen molar-refractivity contribution in [2.24, 2.45) is 0 Å². The lowest BCUT2D eigenvalue weighted by atomic mass is 10.1. The maximum absolute atomic E-state index is 12.1. The smallest absolute Gasteiger partial charge is 0.249 e. The van der Waals surface area contributed by atoms with Gasteiger partial charge in [-0.3, -0.25) is 4.79 Å². The van der Waals surface area contributed by atoms with Crippen molar-refractivity contribution in [3.63, 3.8) is 0 Å². The van der Waals surface area contributed by atoms with Crippen LogP contribution >= 0.6 is 0 Å². The number of carbonyl (C=O) groups excluding carboxylic acids is 1. The predicted octanol–water partition coefficient (Wildman–Crippen LogP) is 1.94. The van der Waals surface area contributed by atoms with Crippen LogP contribution in [-0.2, 0) is 4.79 Å². The zero-order valence-corrected chi connectivity index (χ0v) is 10.8. The summed E-state index contributed by atoms with van der Waals surface area (Å²) in [5.74, 6) is 0.193. The first-order chi connectivity index (χ1) is 7.69. The van der Waals surface area contributed by atoms with E-state index in [1.54, 1.807) is 0 Å². The van der Waals surface area contributed by atoms with E-state index in [4.69, 9.17) is 0 Å². The summed E-state index contributed by atoms with van der Waals surface area (Å²) in [5, 5.41) is 3.43. The van der Waals surface area contributed by atoms with Crippen molar-refractivity contribution in [2.75, 3.05) is 19.6 Å². The van der Waals surface area contributed by atoms with Gasteiger partial charge in [-0.05, 0) is 39.7 Å². The molecule has 1 aliphatic rings. The number of hydrogen-bond donors (Lipinski definition) is 1. The minimum Gasteiger partial charge on any atom is -0.338 e. The van der Waals surface area contributed by atoms with Crippen LogP contribution in [0.25, 0.3) is 0 Å². The zero-order valence-electron chi connectivity index (χ0n) is 10.8. The highest BCUT2D eigenvalue weighted by molar-refractivity contribution is 5.92. The first-order valence-corrected chi connectivity index (χ1v) is 6.38. The van der Waals surface area contributed by atoms with E-state index >= 15 is 0 Å². The highest BCUT2D eigenvalue weighted by Gasteiger charge is 2.20. The molecule has 1 unspecified atom stereocenters. The first-order valence-electron chi connectivity index (χ1n) is 6.38. The van der Waals surface area contributed by atoms with Gasteiger partial charge in [0.1, 0.15) is 0 Å². The summed E-state index contributed by atoms with van der Waals surface area (Å²) in [5.41, 5.74) is 0.877. The summed E-state index contributed by atoms with van der Waals surface area (Å²) in [6.45, 7) is 8.77. The highest BCUT2D eigenvalue weighted by atomic mass is 16.2. The lowest BCUT2D eigenvalue weighted by Crippen LogP contribution is -2.41. The molecule has 0 spiro atoms. The molecule has 0 radical (unpaired) electrons. The second-order valence-electron chi connectivity index (χ2n) is 4.43. The standard InChI is InChI=1S/C13H24N2O/c1-4-7-11(3)13(16)15(5-2)10-12-8-6-9-14-12/h7,12,14H,4-6,8-10H2,1-3H3/b11-7-. The Kier molecular flexibility index (Phi) is 5.53. The number of carbonyl (C=O) groups is 1. The van der Waals surface area contributed by atoms with Crippen LogP contribution in [0.1, 0.15) is 40.0 Å². The van der Waals surface area contributed by atoms with Crippen LogP contribution in [0, 0.1) is 0 Å². The van der Waals surface area contributed by atoms with Gasteiger partial charge in [-0.1, -0.05) is 13.0 Å². The number of nitrogens with one attached hydrogen (secondary N) is 1. The van der Waals surface area contributed by atoms with Gasteiger partial charge in [-0.15, -0.1) is 0 Å². The van der Waals surface area contributed by atoms with Gasteiger partial charge < -0.3 is 10.2 Å². The van der Waals surface area contributed by atoms with Gasteiger partial charge in [-0.25, -0.2) is 0 Å². The largest absolute Gasteiger partial charge is 0.338 e. The Bertz CT molecular complexity index is 255. The van der Waals surface area contributed by atoms with Crippen LogP contribution in [0.4, 0.5) is 0 Å². The molecule has 3 nitrogen and oxygen atoms in total. The van der Waals surface area contributed by atoms with Crippen LogP contribution in [0.15, 0.2) is 11.6 Å². The van der Waals surface area contributed by atoms with E-state index in [9.17, 15) is 4.79 Å². The van der Waals surface area contributed by atoms with Crippen LogP contribution < -0.4 is 5.32 Å². The van der Waals surface area contributed by atoms with E-state index in [1.807, 2.05) is 24.8 Å². The molecule has 0 saturated carbocycles. The topological polar surface area (TPSA) is 32.3 Å².